The van der Waals surface area contributed by atoms with Crippen molar-refractivity contribution in [2.45, 2.75) is 27.2 Å². The van der Waals surface area contributed by atoms with E-state index in [1.165, 1.54) is 6.07 Å². The highest BCUT2D eigenvalue weighted by molar-refractivity contribution is 5.96. The number of carbonyl (C=O) groups excluding carboxylic acids is 1. The molecule has 0 spiro atoms. The van der Waals surface area contributed by atoms with Gasteiger partial charge in [-0.15, -0.1) is 0 Å². The van der Waals surface area contributed by atoms with Crippen LogP contribution in [-0.4, -0.2) is 36.0 Å². The van der Waals surface area contributed by atoms with E-state index in [1.807, 2.05) is 39.0 Å². The number of carbonyl (C=O) groups is 1. The van der Waals surface area contributed by atoms with Crippen LogP contribution in [0, 0.1) is 11.2 Å². The molecule has 0 aliphatic heterocycles. The van der Waals surface area contributed by atoms with Gasteiger partial charge in [0.25, 0.3) is 0 Å². The standard InChI is InChI=1S/C24H22FN7O/c1-24(2,3)10-19(33)28-15-7-14(11-26-12-15)13-8-16-20(17(25)9-13)31-32-21(16)23-29-18-5-4-6-27-22(18)30-23/h4-9,11-12H,10H2,1-3H3,(H,28,33)(H,31,32)(H,27,29,30). The molecule has 4 aromatic heterocycles. The topological polar surface area (TPSA) is 112 Å². The second kappa shape index (κ2) is 7.77. The van der Waals surface area contributed by atoms with Crippen LogP contribution >= 0.6 is 0 Å². The average Bonchev–Trinajstić information content (AvgIpc) is 3.36. The van der Waals surface area contributed by atoms with Gasteiger partial charge in [-0.05, 0) is 41.3 Å². The summed E-state index contributed by atoms with van der Waals surface area (Å²) in [4.78, 5) is 28.5. The summed E-state index contributed by atoms with van der Waals surface area (Å²) in [5.41, 5.74) is 3.81. The lowest BCUT2D eigenvalue weighted by molar-refractivity contribution is -0.117. The first-order valence-electron chi connectivity index (χ1n) is 10.5. The molecule has 4 heterocycles. The van der Waals surface area contributed by atoms with Gasteiger partial charge in [-0.25, -0.2) is 14.4 Å². The van der Waals surface area contributed by atoms with Crippen LogP contribution in [0.3, 0.4) is 0 Å². The van der Waals surface area contributed by atoms with Gasteiger partial charge < -0.3 is 10.3 Å². The van der Waals surface area contributed by atoms with E-state index in [-0.39, 0.29) is 16.8 Å². The molecule has 0 saturated heterocycles. The van der Waals surface area contributed by atoms with E-state index in [2.05, 4.69) is 35.5 Å². The van der Waals surface area contributed by atoms with Crippen molar-refractivity contribution >= 4 is 33.7 Å². The van der Waals surface area contributed by atoms with Crippen LogP contribution in [0.25, 0.3) is 44.7 Å². The van der Waals surface area contributed by atoms with Crippen molar-refractivity contribution < 1.29 is 9.18 Å². The molecule has 166 valence electrons. The Labute approximate surface area is 188 Å². The number of halogens is 1. The Hall–Kier alpha value is -4.14. The number of aromatic amines is 2. The maximum atomic E-state index is 14.9. The van der Waals surface area contributed by atoms with Gasteiger partial charge in [-0.3, -0.25) is 14.9 Å². The van der Waals surface area contributed by atoms with E-state index in [9.17, 15) is 9.18 Å². The van der Waals surface area contributed by atoms with Crippen molar-refractivity contribution in [3.63, 3.8) is 0 Å². The summed E-state index contributed by atoms with van der Waals surface area (Å²) < 4.78 is 14.9. The Kier molecular flexibility index (Phi) is 4.88. The fraction of sp³-hybridized carbons (Fsp3) is 0.208. The van der Waals surface area contributed by atoms with Gasteiger partial charge in [0.1, 0.15) is 11.2 Å². The number of benzene rings is 1. The third-order valence-corrected chi connectivity index (χ3v) is 5.15. The lowest BCUT2D eigenvalue weighted by Gasteiger charge is -2.17. The minimum atomic E-state index is -0.471. The highest BCUT2D eigenvalue weighted by atomic mass is 19.1. The number of hydrogen-bond acceptors (Lipinski definition) is 5. The molecule has 1 amide bonds. The molecule has 0 unspecified atom stereocenters. The van der Waals surface area contributed by atoms with E-state index in [0.717, 1.165) is 5.52 Å². The second-order valence-electron chi connectivity index (χ2n) is 9.16. The molecular formula is C24H22FN7O. The van der Waals surface area contributed by atoms with Crippen LogP contribution in [0.4, 0.5) is 10.1 Å². The number of nitrogens with zero attached hydrogens (tertiary/aromatic N) is 4. The van der Waals surface area contributed by atoms with Crippen molar-refractivity contribution in [1.29, 1.82) is 0 Å². The zero-order chi connectivity index (χ0) is 23.2. The monoisotopic (exact) mass is 443 g/mol. The van der Waals surface area contributed by atoms with Gasteiger partial charge in [-0.1, -0.05) is 20.8 Å². The normalized spacial score (nSPS) is 11.9. The molecule has 33 heavy (non-hydrogen) atoms. The fourth-order valence-electron chi connectivity index (χ4n) is 3.74. The number of hydrogen-bond donors (Lipinski definition) is 3. The van der Waals surface area contributed by atoms with Crippen LogP contribution in [-0.2, 0) is 4.79 Å². The third-order valence-electron chi connectivity index (χ3n) is 5.15. The lowest BCUT2D eigenvalue weighted by Crippen LogP contribution is -2.19. The molecule has 5 aromatic rings. The van der Waals surface area contributed by atoms with E-state index in [1.54, 1.807) is 24.7 Å². The smallest absolute Gasteiger partial charge is 0.224 e. The summed E-state index contributed by atoms with van der Waals surface area (Å²) in [5.74, 6) is -0.0517. The molecule has 0 saturated carbocycles. The molecule has 8 nitrogen and oxygen atoms in total. The Morgan fingerprint density at radius 2 is 2.00 bits per heavy atom. The predicted molar refractivity (Wildman–Crippen MR) is 125 cm³/mol. The van der Waals surface area contributed by atoms with Crippen LogP contribution in [0.2, 0.25) is 0 Å². The van der Waals surface area contributed by atoms with Crippen molar-refractivity contribution in [2.75, 3.05) is 5.32 Å². The zero-order valence-corrected chi connectivity index (χ0v) is 18.4. The minimum absolute atomic E-state index is 0.0984. The molecule has 3 N–H and O–H groups in total. The first-order chi connectivity index (χ1) is 15.8. The Bertz CT molecular complexity index is 1460. The SMILES string of the molecule is CC(C)(C)CC(=O)Nc1cncc(-c2cc(F)c3n[nH]c(-c4nc5ncccc5[nH]4)c3c2)c1. The molecule has 0 aliphatic rings. The highest BCUT2D eigenvalue weighted by Crippen LogP contribution is 2.32. The van der Waals surface area contributed by atoms with E-state index in [0.29, 0.717) is 45.8 Å². The molecule has 1 aromatic carbocycles. The maximum absolute atomic E-state index is 14.9. The first kappa shape index (κ1) is 20.7. The highest BCUT2D eigenvalue weighted by Gasteiger charge is 2.18. The summed E-state index contributed by atoms with van der Waals surface area (Å²) in [7, 11) is 0. The van der Waals surface area contributed by atoms with Gasteiger partial charge in [0.05, 0.1) is 17.4 Å². The van der Waals surface area contributed by atoms with E-state index in [4.69, 9.17) is 0 Å². The number of nitrogens with one attached hydrogen (secondary N) is 3. The summed E-state index contributed by atoms with van der Waals surface area (Å²) >= 11 is 0. The van der Waals surface area contributed by atoms with Crippen molar-refractivity contribution in [2.24, 2.45) is 5.41 Å². The number of amides is 1. The Balaban J connectivity index is 1.53. The van der Waals surface area contributed by atoms with Crippen LogP contribution in [0.1, 0.15) is 27.2 Å². The van der Waals surface area contributed by atoms with Gasteiger partial charge in [0.2, 0.25) is 5.91 Å². The average molecular weight is 443 g/mol. The summed E-state index contributed by atoms with van der Waals surface area (Å²) in [5, 5.41) is 10.5. The fourth-order valence-corrected chi connectivity index (χ4v) is 3.74. The molecular weight excluding hydrogens is 421 g/mol. The lowest BCUT2D eigenvalue weighted by atomic mass is 9.92. The maximum Gasteiger partial charge on any atom is 0.224 e. The molecule has 5 rings (SSSR count). The number of pyridine rings is 2. The molecule has 0 radical (unpaired) electrons. The zero-order valence-electron chi connectivity index (χ0n) is 18.4. The minimum Gasteiger partial charge on any atom is -0.335 e. The van der Waals surface area contributed by atoms with Gasteiger partial charge in [0, 0.05) is 29.8 Å². The molecule has 0 aliphatic carbocycles. The second-order valence-corrected chi connectivity index (χ2v) is 9.16. The number of imidazole rings is 1. The number of H-pyrrole nitrogens is 2. The number of rotatable bonds is 4. The van der Waals surface area contributed by atoms with Crippen molar-refractivity contribution in [1.82, 2.24) is 30.1 Å². The van der Waals surface area contributed by atoms with Gasteiger partial charge in [0.15, 0.2) is 17.3 Å². The Morgan fingerprint density at radius 3 is 2.79 bits per heavy atom. The molecule has 9 heteroatoms. The predicted octanol–water partition coefficient (Wildman–Crippen LogP) is 5.08. The van der Waals surface area contributed by atoms with Gasteiger partial charge in [-0.2, -0.15) is 5.10 Å². The quantitative estimate of drug-likeness (QED) is 0.359. The first-order valence-corrected chi connectivity index (χ1v) is 10.5. The van der Waals surface area contributed by atoms with Crippen LogP contribution in [0.15, 0.2) is 48.9 Å². The van der Waals surface area contributed by atoms with Crippen LogP contribution in [0.5, 0.6) is 0 Å². The van der Waals surface area contributed by atoms with E-state index < -0.39 is 5.82 Å². The number of fused-ring (bicyclic) bond motifs is 2. The number of aromatic nitrogens is 6. The molecule has 0 bridgehead atoms. The summed E-state index contributed by atoms with van der Waals surface area (Å²) in [6.45, 7) is 6.00. The summed E-state index contributed by atoms with van der Waals surface area (Å²) in [6.07, 6.45) is 5.24. The largest absolute Gasteiger partial charge is 0.335 e. The van der Waals surface area contributed by atoms with Crippen LogP contribution < -0.4 is 5.32 Å². The molecule has 0 fully saturated rings. The van der Waals surface area contributed by atoms with Crippen molar-refractivity contribution in [3.8, 4) is 22.6 Å². The number of anilines is 1. The van der Waals surface area contributed by atoms with Gasteiger partial charge >= 0.3 is 0 Å². The third kappa shape index (κ3) is 4.17. The molecule has 0 atom stereocenters. The summed E-state index contributed by atoms with van der Waals surface area (Å²) in [6, 6.07) is 8.70. The van der Waals surface area contributed by atoms with E-state index >= 15 is 0 Å². The Morgan fingerprint density at radius 1 is 1.15 bits per heavy atom. The van der Waals surface area contributed by atoms with Crippen molar-refractivity contribution in [3.05, 3.63) is 54.7 Å².